The Morgan fingerprint density at radius 3 is 2.08 bits per heavy atom. The summed E-state index contributed by atoms with van der Waals surface area (Å²) in [7, 11) is 0. The maximum atomic E-state index is 13.8. The smallest absolute Gasteiger partial charge is 0.333 e. The number of aliphatic hydroxyl groups is 10. The summed E-state index contributed by atoms with van der Waals surface area (Å²) < 4.78 is 41.7. The molecule has 11 N–H and O–H groups in total. The van der Waals surface area contributed by atoms with E-state index in [9.17, 15) is 65.8 Å². The second-order valence-corrected chi connectivity index (χ2v) is 26.1. The first-order valence-electron chi connectivity index (χ1n) is 27.4. The second kappa shape index (κ2) is 21.4. The second-order valence-electron chi connectivity index (χ2n) is 26.1. The third-order valence-electron chi connectivity index (χ3n) is 20.9. The highest BCUT2D eigenvalue weighted by atomic mass is 16.8. The van der Waals surface area contributed by atoms with Crippen molar-refractivity contribution in [3.63, 3.8) is 0 Å². The summed E-state index contributed by atoms with van der Waals surface area (Å²) in [6.07, 6.45) is -12.2. The zero-order chi connectivity index (χ0) is 56.0. The van der Waals surface area contributed by atoms with Crippen LogP contribution in [0.2, 0.25) is 0 Å². The normalized spacial score (nSPS) is 48.9. The number of hydrogen-bond acceptors (Lipinski definition) is 19. The fraction of sp³-hybridized carbons (Fsp3) is 0.857. The number of hydrogen-bond donors (Lipinski definition) is 11. The molecule has 20 nitrogen and oxygen atoms in total. The van der Waals surface area contributed by atoms with Gasteiger partial charge in [0.15, 0.2) is 18.9 Å². The molecule has 76 heavy (non-hydrogen) atoms. The largest absolute Gasteiger partial charge is 0.481 e. The van der Waals surface area contributed by atoms with E-state index in [-0.39, 0.29) is 42.1 Å². The van der Waals surface area contributed by atoms with E-state index in [1.54, 1.807) is 19.9 Å². The summed E-state index contributed by atoms with van der Waals surface area (Å²) in [5, 5.41) is 120. The molecule has 3 saturated heterocycles. The average molecular weight is 1080 g/mol. The van der Waals surface area contributed by atoms with Gasteiger partial charge in [0.2, 0.25) is 0 Å². The Morgan fingerprint density at radius 2 is 1.42 bits per heavy atom. The molecule has 24 unspecified atom stereocenters. The Balaban J connectivity index is 0.965. The summed E-state index contributed by atoms with van der Waals surface area (Å²) in [5.74, 6) is -1.96. The molecule has 8 aliphatic rings. The molecule has 0 spiro atoms. The van der Waals surface area contributed by atoms with Gasteiger partial charge in [0.05, 0.1) is 37.6 Å². The van der Waals surface area contributed by atoms with Crippen LogP contribution in [0.5, 0.6) is 0 Å². The van der Waals surface area contributed by atoms with Crippen molar-refractivity contribution in [3.05, 3.63) is 36.0 Å². The minimum absolute atomic E-state index is 0.0432. The van der Waals surface area contributed by atoms with E-state index in [0.717, 1.165) is 24.8 Å². The molecule has 5 aliphatic carbocycles. The van der Waals surface area contributed by atoms with Crippen LogP contribution in [0.15, 0.2) is 36.0 Å². The highest BCUT2D eigenvalue weighted by Gasteiger charge is 2.73. The summed E-state index contributed by atoms with van der Waals surface area (Å²) in [6.45, 7) is 20.9. The molecule has 20 heteroatoms. The maximum absolute atomic E-state index is 13.8. The highest BCUT2D eigenvalue weighted by molar-refractivity contribution is 5.88. The molecule has 0 aromatic carbocycles. The standard InChI is InChI=1S/C56H88O20/c1-11-52(7,69)18-12-13-27(2)45(66)74-37-23-56(49(67)68)29(21-50(37,3)4)28-14-15-34-53(8)19-17-36(51(5,6)33(53)16-20-54(34,9)55(28,10)22-35(56)59)75-47-43(65)41(63)40(62)32(73-47)26-72-48-44(39(61)31(58)25-71-48)76-46-42(64)38(60)30(57)24-70-46/h11,13-14,29-44,46-48,57-65,69H,1,12,15-26H2,2-10H3,(H,67,68). The molecule has 432 valence electrons. The maximum Gasteiger partial charge on any atom is 0.333 e. The molecule has 0 aromatic heterocycles. The van der Waals surface area contributed by atoms with Crippen molar-refractivity contribution in [3.8, 4) is 0 Å². The first kappa shape index (κ1) is 59.6. The molecule has 4 saturated carbocycles. The molecular weight excluding hydrogens is 993 g/mol. The van der Waals surface area contributed by atoms with E-state index < -0.39 is 157 Å². The van der Waals surface area contributed by atoms with Crippen molar-refractivity contribution >= 4 is 11.9 Å². The number of ether oxygens (including phenoxy) is 7. The van der Waals surface area contributed by atoms with Crippen LogP contribution in [-0.4, -0.2) is 192 Å². The van der Waals surface area contributed by atoms with Gasteiger partial charge in [-0.3, -0.25) is 4.79 Å². The van der Waals surface area contributed by atoms with E-state index in [0.29, 0.717) is 37.7 Å². The average Bonchev–Trinajstić information content (AvgIpc) is 3.34. The Morgan fingerprint density at radius 1 is 0.776 bits per heavy atom. The van der Waals surface area contributed by atoms with Crippen molar-refractivity contribution in [1.29, 1.82) is 0 Å². The van der Waals surface area contributed by atoms with Gasteiger partial charge in [-0.25, -0.2) is 4.79 Å². The predicted molar refractivity (Wildman–Crippen MR) is 269 cm³/mol. The number of esters is 1. The Bertz CT molecular complexity index is 2200. The van der Waals surface area contributed by atoms with E-state index in [1.165, 1.54) is 6.08 Å². The topological polar surface area (TPSA) is 321 Å². The lowest BCUT2D eigenvalue weighted by Gasteiger charge is -2.72. The molecule has 0 aromatic rings. The number of aliphatic carboxylic acids is 1. The monoisotopic (exact) mass is 1080 g/mol. The minimum atomic E-state index is -1.73. The van der Waals surface area contributed by atoms with Crippen LogP contribution in [0.25, 0.3) is 0 Å². The highest BCUT2D eigenvalue weighted by Crippen LogP contribution is 2.76. The number of carbonyl (C=O) groups excluding carboxylic acids is 1. The molecule has 0 bridgehead atoms. The molecule has 7 fully saturated rings. The SMILES string of the molecule is C=CC(C)(O)CCC=C(C)C(=O)OC1CC2(C(=O)O)C(O)CC3(C)C(=CCC4C5(C)CCC(OC6OC(COC7OCC(O)C(O)C7OC7OCC(O)C(O)C7O)C(O)C(O)C6O)C(C)(C)C5CCC43C)C2CC1(C)C. The molecule has 3 aliphatic heterocycles. The number of rotatable bonds is 14. The van der Waals surface area contributed by atoms with Gasteiger partial charge in [0.25, 0.3) is 0 Å². The summed E-state index contributed by atoms with van der Waals surface area (Å²) >= 11 is 0. The lowest BCUT2D eigenvalue weighted by atomic mass is 9.33. The van der Waals surface area contributed by atoms with Crippen LogP contribution in [0.1, 0.15) is 127 Å². The summed E-state index contributed by atoms with van der Waals surface area (Å²) in [6, 6.07) is 0. The molecule has 24 atom stereocenters. The van der Waals surface area contributed by atoms with Gasteiger partial charge in [0, 0.05) is 17.4 Å². The Labute approximate surface area is 446 Å². The van der Waals surface area contributed by atoms with Crippen molar-refractivity contribution in [2.75, 3.05) is 19.8 Å². The Hall–Kier alpha value is -2.48. The first-order valence-corrected chi connectivity index (χ1v) is 27.4. The zero-order valence-electron chi connectivity index (χ0n) is 45.7. The fourth-order valence-corrected chi connectivity index (χ4v) is 15.7. The number of carboxylic acid groups (broad SMARTS) is 1. The lowest BCUT2D eigenvalue weighted by molar-refractivity contribution is -0.357. The van der Waals surface area contributed by atoms with Gasteiger partial charge >= 0.3 is 11.9 Å². The van der Waals surface area contributed by atoms with Gasteiger partial charge in [-0.05, 0) is 111 Å². The lowest BCUT2D eigenvalue weighted by Crippen LogP contribution is -2.69. The van der Waals surface area contributed by atoms with Gasteiger partial charge in [-0.15, -0.1) is 6.58 Å². The van der Waals surface area contributed by atoms with Crippen molar-refractivity contribution in [2.24, 2.45) is 50.2 Å². The minimum Gasteiger partial charge on any atom is -0.481 e. The molecule has 8 rings (SSSR count). The van der Waals surface area contributed by atoms with Gasteiger partial charge in [-0.1, -0.05) is 72.3 Å². The van der Waals surface area contributed by atoms with Crippen molar-refractivity contribution in [2.45, 2.75) is 230 Å². The van der Waals surface area contributed by atoms with Crippen LogP contribution in [0.4, 0.5) is 0 Å². The van der Waals surface area contributed by atoms with Crippen molar-refractivity contribution < 1.29 is 98.9 Å². The quantitative estimate of drug-likeness (QED) is 0.0514. The van der Waals surface area contributed by atoms with Crippen LogP contribution >= 0.6 is 0 Å². The van der Waals surface area contributed by atoms with Crippen LogP contribution < -0.4 is 0 Å². The molecule has 3 heterocycles. The van der Waals surface area contributed by atoms with Gasteiger partial charge in [-0.2, -0.15) is 0 Å². The number of carboxylic acids is 1. The fourth-order valence-electron chi connectivity index (χ4n) is 15.7. The summed E-state index contributed by atoms with van der Waals surface area (Å²) in [5.41, 5.74) is -3.61. The van der Waals surface area contributed by atoms with Gasteiger partial charge in [0.1, 0.15) is 72.6 Å². The van der Waals surface area contributed by atoms with Crippen LogP contribution in [0.3, 0.4) is 0 Å². The van der Waals surface area contributed by atoms with Crippen molar-refractivity contribution in [1.82, 2.24) is 0 Å². The Kier molecular flexibility index (Phi) is 16.8. The number of fused-ring (bicyclic) bond motifs is 7. The zero-order valence-corrected chi connectivity index (χ0v) is 45.7. The van der Waals surface area contributed by atoms with Gasteiger partial charge < -0.3 is 89.3 Å². The van der Waals surface area contributed by atoms with E-state index in [2.05, 4.69) is 47.3 Å². The van der Waals surface area contributed by atoms with E-state index >= 15 is 0 Å². The van der Waals surface area contributed by atoms with E-state index in [4.69, 9.17) is 33.2 Å². The number of aliphatic hydroxyl groups excluding tert-OH is 9. The predicted octanol–water partition coefficient (Wildman–Crippen LogP) is 2.14. The van der Waals surface area contributed by atoms with Crippen LogP contribution in [-0.2, 0) is 42.7 Å². The van der Waals surface area contributed by atoms with E-state index in [1.807, 2.05) is 13.8 Å². The molecular formula is C56H88O20. The molecule has 0 radical (unpaired) electrons. The number of carbonyl (C=O) groups is 2. The third-order valence-corrected chi connectivity index (χ3v) is 20.9. The van der Waals surface area contributed by atoms with Crippen LogP contribution in [0, 0.1) is 50.2 Å². The summed E-state index contributed by atoms with van der Waals surface area (Å²) in [4.78, 5) is 27.4. The number of allylic oxidation sites excluding steroid dienone is 3. The third kappa shape index (κ3) is 10.1. The first-order chi connectivity index (χ1) is 35.3. The molecule has 0 amide bonds.